The molecule has 0 spiro atoms. The number of carbonyl (C=O) groups is 1. The van der Waals surface area contributed by atoms with E-state index in [9.17, 15) is 10.1 Å². The van der Waals surface area contributed by atoms with Crippen LogP contribution < -0.4 is 10.5 Å². The van der Waals surface area contributed by atoms with E-state index in [4.69, 9.17) is 22.1 Å². The molecule has 0 saturated carbocycles. The highest BCUT2D eigenvalue weighted by atomic mass is 35.5. The fraction of sp³-hybridized carbons (Fsp3) is 0.240. The Labute approximate surface area is 192 Å². The number of benzene rings is 2. The van der Waals surface area contributed by atoms with E-state index in [2.05, 4.69) is 12.0 Å². The second-order valence-electron chi connectivity index (χ2n) is 7.32. The third-order valence-corrected chi connectivity index (χ3v) is 5.17. The summed E-state index contributed by atoms with van der Waals surface area (Å²) in [6.07, 6.45) is 7.79. The van der Waals surface area contributed by atoms with Gasteiger partial charge in [0.25, 0.3) is 5.91 Å². The topological polar surface area (TPSA) is 93.9 Å². The van der Waals surface area contributed by atoms with Crippen molar-refractivity contribution in [2.75, 3.05) is 6.61 Å². The number of nitrogens with two attached hydrogens (primary N) is 1. The van der Waals surface area contributed by atoms with Crippen LogP contribution in [0.25, 0.3) is 23.0 Å². The summed E-state index contributed by atoms with van der Waals surface area (Å²) < 4.78 is 7.49. The Balaban J connectivity index is 1.91. The number of aromatic nitrogens is 2. The Kier molecular flexibility index (Phi) is 8.07. The van der Waals surface area contributed by atoms with Crippen molar-refractivity contribution >= 4 is 23.6 Å². The van der Waals surface area contributed by atoms with Gasteiger partial charge >= 0.3 is 0 Å². The Morgan fingerprint density at radius 2 is 1.88 bits per heavy atom. The number of amides is 1. The number of halogens is 1. The standard InChI is InChI=1S/C25H25ClN4O2/c1-2-3-4-5-14-32-23-12-6-18(7-13-23)24-20(15-19(16-27)25(28)31)17-30(29-24)22-10-8-21(26)9-11-22/h6-13,15,17H,2-5,14H2,1H3,(H2,28,31)/b19-15-. The largest absolute Gasteiger partial charge is 0.494 e. The van der Waals surface area contributed by atoms with E-state index in [1.54, 1.807) is 23.0 Å². The van der Waals surface area contributed by atoms with E-state index in [1.165, 1.54) is 18.9 Å². The average Bonchev–Trinajstić information content (AvgIpc) is 3.22. The van der Waals surface area contributed by atoms with Crippen LogP contribution in [0.4, 0.5) is 0 Å². The Bertz CT molecular complexity index is 1130. The lowest BCUT2D eigenvalue weighted by molar-refractivity contribution is -0.114. The van der Waals surface area contributed by atoms with Crippen LogP contribution in [0.3, 0.4) is 0 Å². The molecule has 0 aliphatic carbocycles. The minimum Gasteiger partial charge on any atom is -0.494 e. The van der Waals surface area contributed by atoms with Crippen LogP contribution in [0.1, 0.15) is 38.2 Å². The number of unbranched alkanes of at least 4 members (excludes halogenated alkanes) is 3. The molecular weight excluding hydrogens is 424 g/mol. The van der Waals surface area contributed by atoms with Crippen molar-refractivity contribution in [1.82, 2.24) is 9.78 Å². The van der Waals surface area contributed by atoms with Gasteiger partial charge in [-0.15, -0.1) is 0 Å². The number of nitrogens with zero attached hydrogens (tertiary/aromatic N) is 3. The van der Waals surface area contributed by atoms with Gasteiger partial charge in [0.2, 0.25) is 0 Å². The number of ether oxygens (including phenoxy) is 1. The van der Waals surface area contributed by atoms with Crippen LogP contribution in [0.5, 0.6) is 5.75 Å². The van der Waals surface area contributed by atoms with Crippen molar-refractivity contribution in [2.24, 2.45) is 5.73 Å². The normalized spacial score (nSPS) is 11.2. The van der Waals surface area contributed by atoms with Crippen molar-refractivity contribution in [2.45, 2.75) is 32.6 Å². The number of nitriles is 1. The van der Waals surface area contributed by atoms with E-state index in [1.807, 2.05) is 42.5 Å². The number of rotatable bonds is 10. The summed E-state index contributed by atoms with van der Waals surface area (Å²) in [5.41, 5.74) is 8.01. The first kappa shape index (κ1) is 23.1. The first-order chi connectivity index (χ1) is 15.5. The van der Waals surface area contributed by atoms with Gasteiger partial charge in [0.1, 0.15) is 17.4 Å². The van der Waals surface area contributed by atoms with Crippen molar-refractivity contribution < 1.29 is 9.53 Å². The highest BCUT2D eigenvalue weighted by Gasteiger charge is 2.14. The lowest BCUT2D eigenvalue weighted by atomic mass is 10.1. The molecule has 0 radical (unpaired) electrons. The van der Waals surface area contributed by atoms with E-state index < -0.39 is 5.91 Å². The molecule has 32 heavy (non-hydrogen) atoms. The van der Waals surface area contributed by atoms with Gasteiger partial charge in [-0.3, -0.25) is 4.79 Å². The van der Waals surface area contributed by atoms with Crippen LogP contribution in [0.15, 0.2) is 60.3 Å². The molecule has 1 heterocycles. The lowest BCUT2D eigenvalue weighted by Gasteiger charge is -2.07. The van der Waals surface area contributed by atoms with Gasteiger partial charge in [0, 0.05) is 22.3 Å². The maximum absolute atomic E-state index is 11.6. The van der Waals surface area contributed by atoms with Gasteiger partial charge in [-0.2, -0.15) is 10.4 Å². The quantitative estimate of drug-likeness (QED) is 0.250. The van der Waals surface area contributed by atoms with Crippen molar-refractivity contribution in [1.29, 1.82) is 5.26 Å². The summed E-state index contributed by atoms with van der Waals surface area (Å²) in [4.78, 5) is 11.6. The molecule has 0 aliphatic heterocycles. The summed E-state index contributed by atoms with van der Waals surface area (Å²) in [6, 6.07) is 16.6. The minimum absolute atomic E-state index is 0.145. The van der Waals surface area contributed by atoms with E-state index in [0.29, 0.717) is 22.9 Å². The van der Waals surface area contributed by atoms with Crippen LogP contribution in [0.2, 0.25) is 5.02 Å². The zero-order valence-electron chi connectivity index (χ0n) is 17.9. The van der Waals surface area contributed by atoms with Crippen molar-refractivity contribution in [3.63, 3.8) is 0 Å². The van der Waals surface area contributed by atoms with Crippen molar-refractivity contribution in [3.05, 3.63) is 70.9 Å². The maximum Gasteiger partial charge on any atom is 0.259 e. The summed E-state index contributed by atoms with van der Waals surface area (Å²) >= 11 is 5.99. The van der Waals surface area contributed by atoms with Gasteiger partial charge in [0.05, 0.1) is 18.0 Å². The average molecular weight is 449 g/mol. The third-order valence-electron chi connectivity index (χ3n) is 4.91. The molecule has 2 N–H and O–H groups in total. The van der Waals surface area contributed by atoms with E-state index in [0.717, 1.165) is 29.8 Å². The zero-order valence-corrected chi connectivity index (χ0v) is 18.7. The molecular formula is C25H25ClN4O2. The van der Waals surface area contributed by atoms with E-state index >= 15 is 0 Å². The summed E-state index contributed by atoms with van der Waals surface area (Å²) in [6.45, 7) is 2.86. The number of hydrogen-bond donors (Lipinski definition) is 1. The van der Waals surface area contributed by atoms with Crippen LogP contribution in [-0.2, 0) is 4.79 Å². The molecule has 0 atom stereocenters. The molecule has 1 aromatic heterocycles. The Morgan fingerprint density at radius 3 is 2.50 bits per heavy atom. The number of hydrogen-bond acceptors (Lipinski definition) is 4. The summed E-state index contributed by atoms with van der Waals surface area (Å²) in [5.74, 6) is -0.00108. The Hall–Kier alpha value is -3.56. The fourth-order valence-electron chi connectivity index (χ4n) is 3.19. The smallest absolute Gasteiger partial charge is 0.259 e. The zero-order chi connectivity index (χ0) is 22.9. The number of carbonyl (C=O) groups excluding carboxylic acids is 1. The highest BCUT2D eigenvalue weighted by Crippen LogP contribution is 2.28. The van der Waals surface area contributed by atoms with Crippen LogP contribution in [0, 0.1) is 11.3 Å². The molecule has 3 aromatic rings. The predicted octanol–water partition coefficient (Wildman–Crippen LogP) is 5.54. The molecule has 7 heteroatoms. The maximum atomic E-state index is 11.6. The van der Waals surface area contributed by atoms with Crippen LogP contribution in [-0.4, -0.2) is 22.3 Å². The van der Waals surface area contributed by atoms with Crippen molar-refractivity contribution in [3.8, 4) is 28.8 Å². The van der Waals surface area contributed by atoms with Gasteiger partial charge in [-0.05, 0) is 61.0 Å². The molecule has 164 valence electrons. The monoisotopic (exact) mass is 448 g/mol. The molecule has 6 nitrogen and oxygen atoms in total. The third kappa shape index (κ3) is 5.99. The Morgan fingerprint density at radius 1 is 1.16 bits per heavy atom. The summed E-state index contributed by atoms with van der Waals surface area (Å²) in [7, 11) is 0. The van der Waals surface area contributed by atoms with Gasteiger partial charge < -0.3 is 10.5 Å². The minimum atomic E-state index is -0.787. The van der Waals surface area contributed by atoms with Gasteiger partial charge in [0.15, 0.2) is 0 Å². The fourth-order valence-corrected chi connectivity index (χ4v) is 3.31. The van der Waals surface area contributed by atoms with Gasteiger partial charge in [-0.1, -0.05) is 37.8 Å². The molecule has 0 fully saturated rings. The molecule has 0 bridgehead atoms. The van der Waals surface area contributed by atoms with Gasteiger partial charge in [-0.25, -0.2) is 4.68 Å². The second kappa shape index (κ2) is 11.2. The highest BCUT2D eigenvalue weighted by molar-refractivity contribution is 6.30. The lowest BCUT2D eigenvalue weighted by Crippen LogP contribution is -2.12. The molecule has 0 aliphatic rings. The number of primary amides is 1. The van der Waals surface area contributed by atoms with Crippen LogP contribution >= 0.6 is 11.6 Å². The molecule has 3 rings (SSSR count). The predicted molar refractivity (Wildman–Crippen MR) is 126 cm³/mol. The molecule has 0 unspecified atom stereocenters. The molecule has 0 saturated heterocycles. The molecule has 1 amide bonds. The first-order valence-electron chi connectivity index (χ1n) is 10.5. The second-order valence-corrected chi connectivity index (χ2v) is 7.76. The SMILES string of the molecule is CCCCCCOc1ccc(-c2nn(-c3ccc(Cl)cc3)cc2/C=C(/C#N)C(N)=O)cc1. The molecule has 2 aromatic carbocycles. The van der Waals surface area contributed by atoms with E-state index in [-0.39, 0.29) is 5.57 Å². The summed E-state index contributed by atoms with van der Waals surface area (Å²) in [5, 5.41) is 14.6. The first-order valence-corrected chi connectivity index (χ1v) is 10.9.